The lowest BCUT2D eigenvalue weighted by atomic mass is 10.3. The zero-order valence-corrected chi connectivity index (χ0v) is 13.3. The molecule has 3 aromatic rings. The average Bonchev–Trinajstić information content (AvgIpc) is 3.00. The molecule has 3 heterocycles. The Hall–Kier alpha value is -2.06. The number of hydrogen-bond donors (Lipinski definition) is 1. The second-order valence-corrected chi connectivity index (χ2v) is 6.61. The Morgan fingerprint density at radius 2 is 2.00 bits per heavy atom. The number of aromatic nitrogens is 3. The van der Waals surface area contributed by atoms with Gasteiger partial charge in [0.2, 0.25) is 0 Å². The molecule has 0 atom stereocenters. The Kier molecular flexibility index (Phi) is 3.34. The van der Waals surface area contributed by atoms with Gasteiger partial charge in [0.05, 0.1) is 16.4 Å². The van der Waals surface area contributed by atoms with E-state index in [0.717, 1.165) is 5.01 Å². The van der Waals surface area contributed by atoms with Gasteiger partial charge in [0.15, 0.2) is 4.96 Å². The first-order chi connectivity index (χ1) is 9.97. The molecule has 0 aliphatic carbocycles. The minimum absolute atomic E-state index is 0.210. The van der Waals surface area contributed by atoms with E-state index in [4.69, 9.17) is 0 Å². The minimum atomic E-state index is -0.324. The number of carbonyl (C=O) groups is 1. The Morgan fingerprint density at radius 1 is 1.24 bits per heavy atom. The van der Waals surface area contributed by atoms with Crippen molar-refractivity contribution in [2.75, 3.05) is 5.32 Å². The van der Waals surface area contributed by atoms with Gasteiger partial charge >= 0.3 is 0 Å². The van der Waals surface area contributed by atoms with Crippen molar-refractivity contribution in [3.8, 4) is 0 Å². The normalized spacial score (nSPS) is 11.0. The van der Waals surface area contributed by atoms with Crippen molar-refractivity contribution >= 4 is 39.2 Å². The highest BCUT2D eigenvalue weighted by Gasteiger charge is 2.18. The van der Waals surface area contributed by atoms with Gasteiger partial charge in [-0.1, -0.05) is 0 Å². The van der Waals surface area contributed by atoms with Crippen LogP contribution in [0.15, 0.2) is 16.4 Å². The molecule has 0 saturated carbocycles. The van der Waals surface area contributed by atoms with Crippen LogP contribution in [0.5, 0.6) is 0 Å². The zero-order valence-electron chi connectivity index (χ0n) is 11.6. The van der Waals surface area contributed by atoms with Crippen molar-refractivity contribution in [3.05, 3.63) is 43.2 Å². The van der Waals surface area contributed by atoms with Gasteiger partial charge < -0.3 is 5.32 Å². The van der Waals surface area contributed by atoms with Crippen LogP contribution in [0.4, 0.5) is 5.69 Å². The Labute approximate surface area is 128 Å². The zero-order chi connectivity index (χ0) is 15.1. The molecule has 0 unspecified atom stereocenters. The lowest BCUT2D eigenvalue weighted by molar-refractivity contribution is 0.102. The van der Waals surface area contributed by atoms with Crippen molar-refractivity contribution < 1.29 is 4.79 Å². The quantitative estimate of drug-likeness (QED) is 0.786. The van der Waals surface area contributed by atoms with Crippen LogP contribution in [0.3, 0.4) is 0 Å². The summed E-state index contributed by atoms with van der Waals surface area (Å²) in [7, 11) is 0. The molecular formula is C13H12N4O2S2. The third kappa shape index (κ3) is 2.36. The fourth-order valence-corrected chi connectivity index (χ4v) is 3.60. The highest BCUT2D eigenvalue weighted by atomic mass is 32.1. The van der Waals surface area contributed by atoms with Crippen LogP contribution in [0.2, 0.25) is 0 Å². The standard InChI is InChI=1S/C13H12N4O2S2/c1-6-9(12(19)17-4-5-20-13(17)15-6)16-11(18)10-7(2)14-8(3)21-10/h4-5H,1-3H3,(H,16,18). The largest absolute Gasteiger partial charge is 0.315 e. The summed E-state index contributed by atoms with van der Waals surface area (Å²) in [5.41, 5.74) is 1.11. The van der Waals surface area contributed by atoms with Gasteiger partial charge in [0, 0.05) is 11.6 Å². The lowest BCUT2D eigenvalue weighted by Crippen LogP contribution is -2.24. The Bertz CT molecular complexity index is 907. The average molecular weight is 320 g/mol. The van der Waals surface area contributed by atoms with E-state index in [1.54, 1.807) is 25.4 Å². The lowest BCUT2D eigenvalue weighted by Gasteiger charge is -2.06. The van der Waals surface area contributed by atoms with Crippen LogP contribution in [0, 0.1) is 20.8 Å². The highest BCUT2D eigenvalue weighted by molar-refractivity contribution is 7.15. The summed E-state index contributed by atoms with van der Waals surface area (Å²) in [5.74, 6) is -0.324. The summed E-state index contributed by atoms with van der Waals surface area (Å²) < 4.78 is 1.43. The maximum absolute atomic E-state index is 12.4. The Balaban J connectivity index is 2.04. The molecule has 0 fully saturated rings. The van der Waals surface area contributed by atoms with Crippen LogP contribution < -0.4 is 10.9 Å². The number of amides is 1. The van der Waals surface area contributed by atoms with Crippen molar-refractivity contribution in [3.63, 3.8) is 0 Å². The molecule has 1 amide bonds. The van der Waals surface area contributed by atoms with Crippen LogP contribution in [0.1, 0.15) is 26.1 Å². The van der Waals surface area contributed by atoms with E-state index in [2.05, 4.69) is 15.3 Å². The molecule has 0 radical (unpaired) electrons. The van der Waals surface area contributed by atoms with Gasteiger partial charge in [-0.15, -0.1) is 22.7 Å². The fraction of sp³-hybridized carbons (Fsp3) is 0.231. The van der Waals surface area contributed by atoms with E-state index >= 15 is 0 Å². The van der Waals surface area contributed by atoms with Gasteiger partial charge in [0.25, 0.3) is 11.5 Å². The molecule has 0 spiro atoms. The number of rotatable bonds is 2. The second-order valence-electron chi connectivity index (χ2n) is 4.53. The van der Waals surface area contributed by atoms with E-state index in [1.165, 1.54) is 27.1 Å². The van der Waals surface area contributed by atoms with Crippen molar-refractivity contribution in [1.29, 1.82) is 0 Å². The number of thiazole rings is 2. The minimum Gasteiger partial charge on any atom is -0.315 e. The molecule has 3 rings (SSSR count). The predicted octanol–water partition coefficient (Wildman–Crippen LogP) is 2.39. The fourth-order valence-electron chi connectivity index (χ4n) is 2.04. The van der Waals surface area contributed by atoms with Crippen molar-refractivity contribution in [1.82, 2.24) is 14.4 Å². The molecule has 1 N–H and O–H groups in total. The van der Waals surface area contributed by atoms with Gasteiger partial charge in [-0.2, -0.15) is 0 Å². The number of hydrogen-bond acceptors (Lipinski definition) is 6. The van der Waals surface area contributed by atoms with Crippen LogP contribution in [-0.2, 0) is 0 Å². The van der Waals surface area contributed by atoms with E-state index in [0.29, 0.717) is 21.2 Å². The first-order valence-corrected chi connectivity index (χ1v) is 7.89. The summed E-state index contributed by atoms with van der Waals surface area (Å²) in [6.45, 7) is 5.33. The summed E-state index contributed by atoms with van der Waals surface area (Å²) in [6, 6.07) is 0. The molecule has 0 bridgehead atoms. The number of nitrogens with one attached hydrogen (secondary N) is 1. The molecule has 8 heteroatoms. The topological polar surface area (TPSA) is 76.4 Å². The maximum Gasteiger partial charge on any atom is 0.282 e. The number of fused-ring (bicyclic) bond motifs is 1. The molecule has 0 aliphatic heterocycles. The summed E-state index contributed by atoms with van der Waals surface area (Å²) in [6.07, 6.45) is 1.65. The third-order valence-corrected chi connectivity index (χ3v) is 4.82. The molecule has 3 aromatic heterocycles. The molecule has 21 heavy (non-hydrogen) atoms. The van der Waals surface area contributed by atoms with Gasteiger partial charge in [-0.05, 0) is 20.8 Å². The molecular weight excluding hydrogens is 308 g/mol. The molecule has 0 saturated heterocycles. The molecule has 108 valence electrons. The first-order valence-electron chi connectivity index (χ1n) is 6.19. The number of nitrogens with zero attached hydrogens (tertiary/aromatic N) is 3. The van der Waals surface area contributed by atoms with Crippen molar-refractivity contribution in [2.45, 2.75) is 20.8 Å². The number of anilines is 1. The van der Waals surface area contributed by atoms with Crippen molar-refractivity contribution in [2.24, 2.45) is 0 Å². The van der Waals surface area contributed by atoms with Gasteiger partial charge in [-0.3, -0.25) is 14.0 Å². The number of aryl methyl sites for hydroxylation is 3. The Morgan fingerprint density at radius 3 is 2.67 bits per heavy atom. The second kappa shape index (κ2) is 5.05. The molecule has 0 aliphatic rings. The van der Waals surface area contributed by atoms with Crippen LogP contribution in [0.25, 0.3) is 4.96 Å². The maximum atomic E-state index is 12.4. The smallest absolute Gasteiger partial charge is 0.282 e. The van der Waals surface area contributed by atoms with Crippen LogP contribution >= 0.6 is 22.7 Å². The summed E-state index contributed by atoms with van der Waals surface area (Å²) >= 11 is 2.68. The van der Waals surface area contributed by atoms with Crippen LogP contribution in [-0.4, -0.2) is 20.3 Å². The molecule has 6 nitrogen and oxygen atoms in total. The number of carbonyl (C=O) groups excluding carboxylic acids is 1. The van der Waals surface area contributed by atoms with Gasteiger partial charge in [0.1, 0.15) is 10.6 Å². The van der Waals surface area contributed by atoms with E-state index in [1.807, 2.05) is 6.92 Å². The first kappa shape index (κ1) is 13.9. The monoisotopic (exact) mass is 320 g/mol. The SMILES string of the molecule is Cc1nc(C)c(C(=O)Nc2c(C)nc3sccn3c2=O)s1. The van der Waals surface area contributed by atoms with E-state index in [9.17, 15) is 9.59 Å². The summed E-state index contributed by atoms with van der Waals surface area (Å²) in [5, 5.41) is 5.27. The van der Waals surface area contributed by atoms with E-state index < -0.39 is 0 Å². The van der Waals surface area contributed by atoms with Gasteiger partial charge in [-0.25, -0.2) is 9.97 Å². The highest BCUT2D eigenvalue weighted by Crippen LogP contribution is 2.19. The van der Waals surface area contributed by atoms with E-state index in [-0.39, 0.29) is 17.2 Å². The molecule has 0 aromatic carbocycles. The predicted molar refractivity (Wildman–Crippen MR) is 83.6 cm³/mol. The third-order valence-electron chi connectivity index (χ3n) is 3.00. The summed E-state index contributed by atoms with van der Waals surface area (Å²) in [4.78, 5) is 34.4.